The van der Waals surface area contributed by atoms with Gasteiger partial charge in [-0.1, -0.05) is 13.0 Å². The van der Waals surface area contributed by atoms with Crippen LogP contribution in [0.25, 0.3) is 11.4 Å². The van der Waals surface area contributed by atoms with Crippen molar-refractivity contribution in [2.45, 2.75) is 13.8 Å². The van der Waals surface area contributed by atoms with Gasteiger partial charge in [-0.05, 0) is 30.5 Å². The van der Waals surface area contributed by atoms with Gasteiger partial charge in [0.15, 0.2) is 11.6 Å². The second-order valence-electron chi connectivity index (χ2n) is 5.69. The topological polar surface area (TPSA) is 58.1 Å². The maximum absolute atomic E-state index is 12.9. The van der Waals surface area contributed by atoms with Crippen LogP contribution < -0.4 is 5.32 Å². The number of likely N-dealkylation sites (tertiary alicyclic amines) is 1. The predicted molar refractivity (Wildman–Crippen MR) is 81.9 cm³/mol. The molecule has 1 N–H and O–H groups in total. The number of urea groups is 1. The molecule has 1 aromatic heterocycles. The first-order valence-corrected chi connectivity index (χ1v) is 7.17. The third-order valence-corrected chi connectivity index (χ3v) is 3.70. The highest BCUT2D eigenvalue weighted by molar-refractivity contribution is 5.90. The van der Waals surface area contributed by atoms with Crippen LogP contribution in [0.4, 0.5) is 14.9 Å². The van der Waals surface area contributed by atoms with Crippen molar-refractivity contribution >= 4 is 11.7 Å². The van der Waals surface area contributed by atoms with Crippen molar-refractivity contribution in [3.63, 3.8) is 0 Å². The number of benzene rings is 1. The van der Waals surface area contributed by atoms with Gasteiger partial charge in [0.2, 0.25) is 0 Å². The van der Waals surface area contributed by atoms with E-state index in [9.17, 15) is 9.18 Å². The van der Waals surface area contributed by atoms with E-state index in [4.69, 9.17) is 0 Å². The highest BCUT2D eigenvalue weighted by atomic mass is 19.1. The Kier molecular flexibility index (Phi) is 3.75. The molecule has 0 bridgehead atoms. The van der Waals surface area contributed by atoms with Crippen LogP contribution in [0.1, 0.15) is 12.5 Å². The van der Waals surface area contributed by atoms with Crippen molar-refractivity contribution < 1.29 is 9.18 Å². The molecule has 1 fully saturated rings. The van der Waals surface area contributed by atoms with Crippen molar-refractivity contribution in [1.29, 1.82) is 0 Å². The Bertz CT molecular complexity index is 696. The number of anilines is 1. The van der Waals surface area contributed by atoms with Gasteiger partial charge in [-0.2, -0.15) is 0 Å². The maximum Gasteiger partial charge on any atom is 0.321 e. The Labute approximate surface area is 128 Å². The standard InChI is InChI=1S/C16H17FN4O/c1-10-8-21(9-10)16(22)20-13-4-3-11(2)14(5-13)15-18-6-12(17)7-19-15/h3-7,10H,8-9H2,1-2H3,(H,20,22). The molecule has 2 amide bonds. The van der Waals surface area contributed by atoms with E-state index in [1.165, 1.54) is 0 Å². The van der Waals surface area contributed by atoms with E-state index < -0.39 is 5.82 Å². The number of amides is 2. The maximum atomic E-state index is 12.9. The summed E-state index contributed by atoms with van der Waals surface area (Å²) < 4.78 is 12.9. The highest BCUT2D eigenvalue weighted by Crippen LogP contribution is 2.24. The molecule has 1 saturated heterocycles. The minimum Gasteiger partial charge on any atom is -0.324 e. The molecule has 114 valence electrons. The molecule has 1 aliphatic heterocycles. The van der Waals surface area contributed by atoms with E-state index in [-0.39, 0.29) is 6.03 Å². The number of aryl methyl sites for hydroxylation is 1. The summed E-state index contributed by atoms with van der Waals surface area (Å²) in [4.78, 5) is 21.8. The molecule has 3 rings (SSSR count). The fourth-order valence-electron chi connectivity index (χ4n) is 2.46. The smallest absolute Gasteiger partial charge is 0.321 e. The monoisotopic (exact) mass is 300 g/mol. The predicted octanol–water partition coefficient (Wildman–Crippen LogP) is 3.07. The lowest BCUT2D eigenvalue weighted by Gasteiger charge is -2.37. The summed E-state index contributed by atoms with van der Waals surface area (Å²) in [5.74, 6) is 0.525. The van der Waals surface area contributed by atoms with Crippen LogP contribution in [-0.2, 0) is 0 Å². The minimum atomic E-state index is -0.474. The SMILES string of the molecule is Cc1ccc(NC(=O)N2CC(C)C2)cc1-c1ncc(F)cn1. The summed E-state index contributed by atoms with van der Waals surface area (Å²) in [5.41, 5.74) is 2.41. The highest BCUT2D eigenvalue weighted by Gasteiger charge is 2.27. The number of carbonyl (C=O) groups is 1. The molecule has 6 heteroatoms. The summed E-state index contributed by atoms with van der Waals surface area (Å²) >= 11 is 0. The van der Waals surface area contributed by atoms with Crippen LogP contribution in [-0.4, -0.2) is 34.0 Å². The molecule has 2 heterocycles. The lowest BCUT2D eigenvalue weighted by Crippen LogP contribution is -2.50. The van der Waals surface area contributed by atoms with Gasteiger partial charge in [0.05, 0.1) is 12.4 Å². The fraction of sp³-hybridized carbons (Fsp3) is 0.312. The van der Waals surface area contributed by atoms with Crippen LogP contribution in [0.15, 0.2) is 30.6 Å². The molecule has 0 radical (unpaired) electrons. The van der Waals surface area contributed by atoms with Crippen molar-refractivity contribution in [1.82, 2.24) is 14.9 Å². The van der Waals surface area contributed by atoms with Gasteiger partial charge in [-0.25, -0.2) is 19.2 Å². The van der Waals surface area contributed by atoms with Crippen molar-refractivity contribution in [2.24, 2.45) is 5.92 Å². The zero-order valence-corrected chi connectivity index (χ0v) is 12.5. The number of halogens is 1. The third kappa shape index (κ3) is 2.90. The zero-order valence-electron chi connectivity index (χ0n) is 12.5. The van der Waals surface area contributed by atoms with E-state index >= 15 is 0 Å². The summed E-state index contributed by atoms with van der Waals surface area (Å²) in [5, 5.41) is 2.87. The number of nitrogens with zero attached hydrogens (tertiary/aromatic N) is 3. The first kappa shape index (κ1) is 14.4. The molecule has 0 spiro atoms. The normalized spacial score (nSPS) is 14.6. The number of hydrogen-bond acceptors (Lipinski definition) is 3. The van der Waals surface area contributed by atoms with Gasteiger partial charge in [0.1, 0.15) is 0 Å². The number of rotatable bonds is 2. The lowest BCUT2D eigenvalue weighted by molar-refractivity contribution is 0.141. The van der Waals surface area contributed by atoms with Gasteiger partial charge in [-0.15, -0.1) is 0 Å². The Hall–Kier alpha value is -2.50. The van der Waals surface area contributed by atoms with Crippen LogP contribution in [0, 0.1) is 18.7 Å². The Morgan fingerprint density at radius 2 is 2.00 bits per heavy atom. The molecule has 0 saturated carbocycles. The number of nitrogens with one attached hydrogen (secondary N) is 1. The van der Waals surface area contributed by atoms with Gasteiger partial charge in [0, 0.05) is 24.3 Å². The van der Waals surface area contributed by atoms with Crippen LogP contribution >= 0.6 is 0 Å². The Morgan fingerprint density at radius 3 is 2.64 bits per heavy atom. The number of carbonyl (C=O) groups excluding carboxylic acids is 1. The van der Waals surface area contributed by atoms with E-state index in [2.05, 4.69) is 22.2 Å². The quantitative estimate of drug-likeness (QED) is 0.927. The third-order valence-electron chi connectivity index (χ3n) is 3.70. The van der Waals surface area contributed by atoms with Gasteiger partial charge in [0.25, 0.3) is 0 Å². The van der Waals surface area contributed by atoms with Crippen LogP contribution in [0.2, 0.25) is 0 Å². The molecule has 2 aromatic rings. The first-order chi connectivity index (χ1) is 10.5. The second-order valence-corrected chi connectivity index (χ2v) is 5.69. The fourth-order valence-corrected chi connectivity index (χ4v) is 2.46. The molecule has 0 atom stereocenters. The summed E-state index contributed by atoms with van der Waals surface area (Å²) in [7, 11) is 0. The van der Waals surface area contributed by atoms with Crippen LogP contribution in [0.3, 0.4) is 0 Å². The average molecular weight is 300 g/mol. The zero-order chi connectivity index (χ0) is 15.7. The van der Waals surface area contributed by atoms with Gasteiger partial charge in [-0.3, -0.25) is 0 Å². The van der Waals surface area contributed by atoms with Crippen molar-refractivity contribution in [3.05, 3.63) is 42.0 Å². The van der Waals surface area contributed by atoms with E-state index in [1.807, 2.05) is 25.1 Å². The average Bonchev–Trinajstić information content (AvgIpc) is 2.47. The van der Waals surface area contributed by atoms with Crippen LogP contribution in [0.5, 0.6) is 0 Å². The molecule has 1 aromatic carbocycles. The van der Waals surface area contributed by atoms with Crippen molar-refractivity contribution in [3.8, 4) is 11.4 Å². The molecular weight excluding hydrogens is 283 g/mol. The van der Waals surface area contributed by atoms with Gasteiger partial charge >= 0.3 is 6.03 Å². The summed E-state index contributed by atoms with van der Waals surface area (Å²) in [6.07, 6.45) is 2.27. The molecule has 0 aliphatic carbocycles. The molecular formula is C16H17FN4O. The second kappa shape index (κ2) is 5.71. The number of aromatic nitrogens is 2. The van der Waals surface area contributed by atoms with Crippen molar-refractivity contribution in [2.75, 3.05) is 18.4 Å². The lowest BCUT2D eigenvalue weighted by atomic mass is 10.0. The van der Waals surface area contributed by atoms with E-state index in [0.29, 0.717) is 17.4 Å². The largest absolute Gasteiger partial charge is 0.324 e. The first-order valence-electron chi connectivity index (χ1n) is 7.17. The number of hydrogen-bond donors (Lipinski definition) is 1. The molecule has 5 nitrogen and oxygen atoms in total. The minimum absolute atomic E-state index is 0.104. The van der Waals surface area contributed by atoms with Gasteiger partial charge < -0.3 is 10.2 Å². The molecule has 0 unspecified atom stereocenters. The summed E-state index contributed by atoms with van der Waals surface area (Å²) in [6, 6.07) is 5.43. The van der Waals surface area contributed by atoms with E-state index in [1.54, 1.807) is 4.90 Å². The molecule has 22 heavy (non-hydrogen) atoms. The Balaban J connectivity index is 1.80. The Morgan fingerprint density at radius 1 is 1.32 bits per heavy atom. The summed E-state index contributed by atoms with van der Waals surface area (Å²) in [6.45, 7) is 5.60. The van der Waals surface area contributed by atoms with E-state index in [0.717, 1.165) is 36.6 Å². The molecule has 1 aliphatic rings.